The van der Waals surface area contributed by atoms with Crippen molar-refractivity contribution in [1.29, 1.82) is 0 Å². The van der Waals surface area contributed by atoms with Gasteiger partial charge in [0, 0.05) is 7.11 Å². The molecule has 0 saturated heterocycles. The van der Waals surface area contributed by atoms with Crippen molar-refractivity contribution >= 4 is 34.8 Å². The Morgan fingerprint density at radius 2 is 1.95 bits per heavy atom. The normalized spacial score (nSPS) is 13.8. The van der Waals surface area contributed by atoms with Crippen LogP contribution < -0.4 is 0 Å². The number of unbranched alkanes of at least 4 members (excludes halogenated alkanes) is 1. The second-order valence-electron chi connectivity index (χ2n) is 4.10. The Bertz CT molecular complexity index is 467. The van der Waals surface area contributed by atoms with Crippen LogP contribution in [-0.4, -0.2) is 26.2 Å². The maximum absolute atomic E-state index is 6.10. The molecule has 3 nitrogen and oxygen atoms in total. The summed E-state index contributed by atoms with van der Waals surface area (Å²) in [5.41, 5.74) is 0.485. The lowest BCUT2D eigenvalue weighted by molar-refractivity contribution is 0.167. The molecule has 0 radical (unpaired) electrons. The standard InChI is InChI=1S/C15H19Cl2NO2/c1-4-5-6-10-13(19-2)15(20-3)18-14-11(16)8-7-9-12(14)17/h6-10,13H,4-5H2,1-3H3/b10-6+,18-15?. The van der Waals surface area contributed by atoms with Gasteiger partial charge in [0.05, 0.1) is 17.2 Å². The van der Waals surface area contributed by atoms with E-state index in [1.54, 1.807) is 32.4 Å². The third kappa shape index (κ3) is 4.82. The monoisotopic (exact) mass is 315 g/mol. The van der Waals surface area contributed by atoms with Gasteiger partial charge in [-0.25, -0.2) is 4.99 Å². The molecule has 0 spiro atoms. The summed E-state index contributed by atoms with van der Waals surface area (Å²) in [5, 5.41) is 0.943. The number of allylic oxidation sites excluding steroid dienone is 1. The zero-order chi connectivity index (χ0) is 15.0. The highest BCUT2D eigenvalue weighted by atomic mass is 35.5. The van der Waals surface area contributed by atoms with Gasteiger partial charge in [0.1, 0.15) is 5.69 Å². The Morgan fingerprint density at radius 3 is 2.45 bits per heavy atom. The summed E-state index contributed by atoms with van der Waals surface area (Å²) in [7, 11) is 3.15. The van der Waals surface area contributed by atoms with E-state index in [1.165, 1.54) is 0 Å². The minimum absolute atomic E-state index is 0.362. The van der Waals surface area contributed by atoms with Gasteiger partial charge in [-0.15, -0.1) is 0 Å². The molecule has 110 valence electrons. The smallest absolute Gasteiger partial charge is 0.222 e. The van der Waals surface area contributed by atoms with Crippen LogP contribution in [0.5, 0.6) is 0 Å². The summed E-state index contributed by atoms with van der Waals surface area (Å²) in [4.78, 5) is 4.38. The van der Waals surface area contributed by atoms with Gasteiger partial charge in [0.15, 0.2) is 6.10 Å². The minimum atomic E-state index is -0.362. The second-order valence-corrected chi connectivity index (χ2v) is 4.91. The predicted octanol–water partition coefficient (Wildman–Crippen LogP) is 5.04. The lowest BCUT2D eigenvalue weighted by Crippen LogP contribution is -2.22. The van der Waals surface area contributed by atoms with Crippen LogP contribution in [0.15, 0.2) is 35.3 Å². The molecule has 0 fully saturated rings. The van der Waals surface area contributed by atoms with E-state index in [2.05, 4.69) is 11.9 Å². The molecule has 1 atom stereocenters. The Labute approximate surface area is 130 Å². The van der Waals surface area contributed by atoms with E-state index < -0.39 is 0 Å². The lowest BCUT2D eigenvalue weighted by atomic mass is 10.2. The van der Waals surface area contributed by atoms with Crippen molar-refractivity contribution in [3.63, 3.8) is 0 Å². The van der Waals surface area contributed by atoms with E-state index in [-0.39, 0.29) is 6.10 Å². The molecule has 0 N–H and O–H groups in total. The number of hydrogen-bond donors (Lipinski definition) is 0. The molecule has 1 aromatic rings. The summed E-state index contributed by atoms with van der Waals surface area (Å²) in [6, 6.07) is 5.23. The summed E-state index contributed by atoms with van der Waals surface area (Å²) >= 11 is 12.2. The molecule has 1 aromatic carbocycles. The van der Waals surface area contributed by atoms with Crippen LogP contribution in [0.1, 0.15) is 19.8 Å². The molecule has 1 unspecified atom stereocenters. The number of methoxy groups -OCH3 is 2. The number of halogens is 2. The van der Waals surface area contributed by atoms with Gasteiger partial charge in [-0.05, 0) is 18.6 Å². The van der Waals surface area contributed by atoms with Crippen LogP contribution in [-0.2, 0) is 9.47 Å². The zero-order valence-corrected chi connectivity index (χ0v) is 13.4. The molecule has 0 aliphatic heterocycles. The Balaban J connectivity index is 3.06. The van der Waals surface area contributed by atoms with Gasteiger partial charge in [0.2, 0.25) is 5.90 Å². The first-order chi connectivity index (χ1) is 9.63. The Hall–Kier alpha value is -1.03. The van der Waals surface area contributed by atoms with Gasteiger partial charge in [-0.2, -0.15) is 0 Å². The highest BCUT2D eigenvalue weighted by Crippen LogP contribution is 2.33. The molecule has 0 amide bonds. The van der Waals surface area contributed by atoms with Crippen molar-refractivity contribution in [2.24, 2.45) is 4.99 Å². The first kappa shape index (κ1) is 17.0. The molecule has 20 heavy (non-hydrogen) atoms. The molecule has 0 aliphatic carbocycles. The predicted molar refractivity (Wildman–Crippen MR) is 85.4 cm³/mol. The van der Waals surface area contributed by atoms with Crippen molar-refractivity contribution in [2.45, 2.75) is 25.9 Å². The van der Waals surface area contributed by atoms with Crippen molar-refractivity contribution < 1.29 is 9.47 Å². The van der Waals surface area contributed by atoms with Gasteiger partial charge < -0.3 is 9.47 Å². The highest BCUT2D eigenvalue weighted by Gasteiger charge is 2.15. The number of benzene rings is 1. The van der Waals surface area contributed by atoms with E-state index in [0.717, 1.165) is 12.8 Å². The third-order valence-corrected chi connectivity index (χ3v) is 3.24. The molecular weight excluding hydrogens is 297 g/mol. The van der Waals surface area contributed by atoms with E-state index >= 15 is 0 Å². The third-order valence-electron chi connectivity index (χ3n) is 2.63. The molecule has 0 aliphatic rings. The van der Waals surface area contributed by atoms with Crippen LogP contribution in [0.25, 0.3) is 0 Å². The number of ether oxygens (including phenoxy) is 2. The number of nitrogens with zero attached hydrogens (tertiary/aromatic N) is 1. The first-order valence-electron chi connectivity index (χ1n) is 6.40. The van der Waals surface area contributed by atoms with E-state index in [4.69, 9.17) is 32.7 Å². The molecule has 0 bridgehead atoms. The fourth-order valence-electron chi connectivity index (χ4n) is 1.58. The van der Waals surface area contributed by atoms with Gasteiger partial charge in [-0.1, -0.05) is 54.8 Å². The molecule has 0 aromatic heterocycles. The van der Waals surface area contributed by atoms with Gasteiger partial charge in [-0.3, -0.25) is 0 Å². The number of aliphatic imine (C=N–C) groups is 1. The van der Waals surface area contributed by atoms with Crippen LogP contribution >= 0.6 is 23.2 Å². The van der Waals surface area contributed by atoms with E-state index in [9.17, 15) is 0 Å². The molecule has 0 saturated carbocycles. The molecule has 5 heteroatoms. The fraction of sp³-hybridized carbons (Fsp3) is 0.400. The SMILES string of the molecule is CCC/C=C/C(OC)C(=Nc1c(Cl)cccc1Cl)OC. The Kier molecular flexibility index (Phi) is 7.67. The zero-order valence-electron chi connectivity index (χ0n) is 11.9. The van der Waals surface area contributed by atoms with Crippen molar-refractivity contribution in [3.05, 3.63) is 40.4 Å². The maximum Gasteiger partial charge on any atom is 0.222 e. The van der Waals surface area contributed by atoms with Crippen molar-refractivity contribution in [3.8, 4) is 0 Å². The second kappa shape index (κ2) is 9.01. The van der Waals surface area contributed by atoms with Crippen LogP contribution in [0.4, 0.5) is 5.69 Å². The quantitative estimate of drug-likeness (QED) is 0.418. The number of hydrogen-bond acceptors (Lipinski definition) is 3. The average molecular weight is 316 g/mol. The number of rotatable bonds is 6. The maximum atomic E-state index is 6.10. The van der Waals surface area contributed by atoms with Crippen LogP contribution in [0.2, 0.25) is 10.0 Å². The molecule has 1 rings (SSSR count). The van der Waals surface area contributed by atoms with E-state index in [1.807, 2.05) is 12.2 Å². The molecule has 0 heterocycles. The fourth-order valence-corrected chi connectivity index (χ4v) is 2.06. The highest BCUT2D eigenvalue weighted by molar-refractivity contribution is 6.38. The van der Waals surface area contributed by atoms with Crippen LogP contribution in [0.3, 0.4) is 0 Å². The summed E-state index contributed by atoms with van der Waals surface area (Å²) in [5.74, 6) is 0.412. The topological polar surface area (TPSA) is 30.8 Å². The average Bonchev–Trinajstić information content (AvgIpc) is 2.44. The van der Waals surface area contributed by atoms with Crippen molar-refractivity contribution in [1.82, 2.24) is 0 Å². The summed E-state index contributed by atoms with van der Waals surface area (Å²) in [6.45, 7) is 2.11. The van der Waals surface area contributed by atoms with Gasteiger partial charge >= 0.3 is 0 Å². The van der Waals surface area contributed by atoms with E-state index in [0.29, 0.717) is 21.6 Å². The minimum Gasteiger partial charge on any atom is -0.482 e. The first-order valence-corrected chi connectivity index (χ1v) is 7.15. The number of para-hydroxylation sites is 1. The van der Waals surface area contributed by atoms with Gasteiger partial charge in [0.25, 0.3) is 0 Å². The van der Waals surface area contributed by atoms with Crippen molar-refractivity contribution in [2.75, 3.05) is 14.2 Å². The summed E-state index contributed by atoms with van der Waals surface area (Å²) in [6.07, 6.45) is 5.64. The van der Waals surface area contributed by atoms with Crippen LogP contribution in [0, 0.1) is 0 Å². The Morgan fingerprint density at radius 1 is 1.30 bits per heavy atom. The molecular formula is C15H19Cl2NO2. The largest absolute Gasteiger partial charge is 0.482 e. The lowest BCUT2D eigenvalue weighted by Gasteiger charge is -2.13. The summed E-state index contributed by atoms with van der Waals surface area (Å²) < 4.78 is 10.7.